The van der Waals surface area contributed by atoms with Gasteiger partial charge in [-0.3, -0.25) is 4.90 Å². The van der Waals surface area contributed by atoms with Crippen molar-refractivity contribution < 1.29 is 0 Å². The summed E-state index contributed by atoms with van der Waals surface area (Å²) in [7, 11) is 2.06. The predicted molar refractivity (Wildman–Crippen MR) is 96.8 cm³/mol. The van der Waals surface area contributed by atoms with Crippen LogP contribution in [0.4, 0.5) is 11.5 Å². The molecule has 0 spiro atoms. The Kier molecular flexibility index (Phi) is 5.03. The number of anilines is 2. The summed E-state index contributed by atoms with van der Waals surface area (Å²) in [5, 5.41) is 0.488. The molecule has 0 unspecified atom stereocenters. The molecule has 4 nitrogen and oxygen atoms in total. The lowest BCUT2D eigenvalue weighted by atomic mass is 10.0. The molecule has 0 bridgehead atoms. The molecule has 23 heavy (non-hydrogen) atoms. The van der Waals surface area contributed by atoms with Crippen molar-refractivity contribution in [3.8, 4) is 0 Å². The molecule has 2 aromatic rings. The van der Waals surface area contributed by atoms with Gasteiger partial charge in [0.2, 0.25) is 0 Å². The molecule has 0 aliphatic carbocycles. The second-order valence-electron chi connectivity index (χ2n) is 6.15. The van der Waals surface area contributed by atoms with E-state index in [9.17, 15) is 0 Å². The van der Waals surface area contributed by atoms with Gasteiger partial charge in [0.25, 0.3) is 0 Å². The monoisotopic (exact) mass is 330 g/mol. The highest BCUT2D eigenvalue weighted by Gasteiger charge is 2.24. The van der Waals surface area contributed by atoms with E-state index in [4.69, 9.17) is 17.3 Å². The van der Waals surface area contributed by atoms with Crippen molar-refractivity contribution >= 4 is 23.1 Å². The van der Waals surface area contributed by atoms with Crippen molar-refractivity contribution in [2.75, 3.05) is 30.8 Å². The number of hydrogen-bond donors (Lipinski definition) is 1. The number of pyridine rings is 1. The maximum absolute atomic E-state index is 6.05. The zero-order chi connectivity index (χ0) is 16.2. The van der Waals surface area contributed by atoms with Crippen molar-refractivity contribution in [3.05, 3.63) is 53.2 Å². The third-order valence-electron chi connectivity index (χ3n) is 4.56. The standard InChI is InChI=1S/C18H23ClN4/c1-22(18-16(20)7-8-17(19)21-18)15-9-11-23(12-10-15)13-14-5-3-2-4-6-14/h2-8,15H,9-13,20H2,1H3. The number of rotatable bonds is 4. The lowest BCUT2D eigenvalue weighted by Crippen LogP contribution is -2.43. The lowest BCUT2D eigenvalue weighted by molar-refractivity contribution is 0.203. The van der Waals surface area contributed by atoms with Crippen LogP contribution in [0.3, 0.4) is 0 Å². The van der Waals surface area contributed by atoms with Crippen LogP contribution in [0.1, 0.15) is 18.4 Å². The Morgan fingerprint density at radius 3 is 2.57 bits per heavy atom. The van der Waals surface area contributed by atoms with Crippen molar-refractivity contribution in [1.82, 2.24) is 9.88 Å². The van der Waals surface area contributed by atoms with Crippen LogP contribution in [0.2, 0.25) is 5.15 Å². The van der Waals surface area contributed by atoms with Crippen LogP contribution in [-0.4, -0.2) is 36.1 Å². The van der Waals surface area contributed by atoms with Gasteiger partial charge in [0.1, 0.15) is 5.15 Å². The highest BCUT2D eigenvalue weighted by Crippen LogP contribution is 2.27. The van der Waals surface area contributed by atoms with Crippen molar-refractivity contribution in [1.29, 1.82) is 0 Å². The third kappa shape index (κ3) is 3.95. The van der Waals surface area contributed by atoms with E-state index in [0.717, 1.165) is 38.3 Å². The average molecular weight is 331 g/mol. The Bertz CT molecular complexity index is 639. The van der Waals surface area contributed by atoms with Gasteiger partial charge in [-0.25, -0.2) is 4.98 Å². The van der Waals surface area contributed by atoms with Crippen LogP contribution in [-0.2, 0) is 6.54 Å². The van der Waals surface area contributed by atoms with E-state index in [1.54, 1.807) is 6.07 Å². The van der Waals surface area contributed by atoms with E-state index < -0.39 is 0 Å². The summed E-state index contributed by atoms with van der Waals surface area (Å²) in [4.78, 5) is 9.08. The zero-order valence-electron chi connectivity index (χ0n) is 13.5. The fraction of sp³-hybridized carbons (Fsp3) is 0.389. The van der Waals surface area contributed by atoms with E-state index in [1.165, 1.54) is 5.56 Å². The number of hydrogen-bond acceptors (Lipinski definition) is 4. The Balaban J connectivity index is 1.59. The molecule has 1 aliphatic heterocycles. The van der Waals surface area contributed by atoms with E-state index in [0.29, 0.717) is 16.9 Å². The first-order chi connectivity index (χ1) is 11.1. The summed E-state index contributed by atoms with van der Waals surface area (Å²) < 4.78 is 0. The number of nitrogens with zero attached hydrogens (tertiary/aromatic N) is 3. The van der Waals surface area contributed by atoms with E-state index >= 15 is 0 Å². The zero-order valence-corrected chi connectivity index (χ0v) is 14.2. The van der Waals surface area contributed by atoms with E-state index in [1.807, 2.05) is 6.07 Å². The highest BCUT2D eigenvalue weighted by atomic mass is 35.5. The molecule has 1 aromatic carbocycles. The van der Waals surface area contributed by atoms with Crippen molar-refractivity contribution in [3.63, 3.8) is 0 Å². The topological polar surface area (TPSA) is 45.4 Å². The molecule has 1 fully saturated rings. The SMILES string of the molecule is CN(c1nc(Cl)ccc1N)C1CCN(Cc2ccccc2)CC1. The number of likely N-dealkylation sites (tertiary alicyclic amines) is 1. The molecule has 3 rings (SSSR count). The Morgan fingerprint density at radius 1 is 1.17 bits per heavy atom. The molecular weight excluding hydrogens is 308 g/mol. The molecule has 1 saturated heterocycles. The molecule has 0 amide bonds. The number of nitrogen functional groups attached to an aromatic ring is 1. The predicted octanol–water partition coefficient (Wildman–Crippen LogP) is 3.42. The smallest absolute Gasteiger partial charge is 0.153 e. The second kappa shape index (κ2) is 7.20. The Labute approximate surface area is 142 Å². The summed E-state index contributed by atoms with van der Waals surface area (Å²) in [6.45, 7) is 3.20. The van der Waals surface area contributed by atoms with Gasteiger partial charge in [-0.2, -0.15) is 0 Å². The number of aromatic nitrogens is 1. The Morgan fingerprint density at radius 2 is 1.87 bits per heavy atom. The molecule has 2 heterocycles. The lowest BCUT2D eigenvalue weighted by Gasteiger charge is -2.37. The molecule has 122 valence electrons. The first-order valence-corrected chi connectivity index (χ1v) is 8.42. The number of halogens is 1. The maximum atomic E-state index is 6.05. The molecule has 0 atom stereocenters. The van der Waals surface area contributed by atoms with Crippen LogP contribution in [0.5, 0.6) is 0 Å². The molecule has 1 aromatic heterocycles. The van der Waals surface area contributed by atoms with E-state index in [2.05, 4.69) is 52.2 Å². The molecule has 5 heteroatoms. The normalized spacial score (nSPS) is 16.4. The van der Waals surface area contributed by atoms with Gasteiger partial charge in [-0.15, -0.1) is 0 Å². The quantitative estimate of drug-likeness (QED) is 0.872. The van der Waals surface area contributed by atoms with Gasteiger partial charge in [-0.05, 0) is 30.5 Å². The van der Waals surface area contributed by atoms with Gasteiger partial charge >= 0.3 is 0 Å². The van der Waals surface area contributed by atoms with Crippen molar-refractivity contribution in [2.24, 2.45) is 0 Å². The van der Waals surface area contributed by atoms with Crippen molar-refractivity contribution in [2.45, 2.75) is 25.4 Å². The minimum Gasteiger partial charge on any atom is -0.396 e. The van der Waals surface area contributed by atoms with E-state index in [-0.39, 0.29) is 0 Å². The fourth-order valence-corrected chi connectivity index (χ4v) is 3.34. The molecule has 1 aliphatic rings. The molecule has 2 N–H and O–H groups in total. The van der Waals surface area contributed by atoms with Gasteiger partial charge < -0.3 is 10.6 Å². The maximum Gasteiger partial charge on any atom is 0.153 e. The van der Waals surface area contributed by atoms with Gasteiger partial charge in [0, 0.05) is 32.7 Å². The number of piperidine rings is 1. The minimum atomic E-state index is 0.454. The second-order valence-corrected chi connectivity index (χ2v) is 6.54. The summed E-state index contributed by atoms with van der Waals surface area (Å²) in [5.74, 6) is 0.791. The first-order valence-electron chi connectivity index (χ1n) is 8.04. The third-order valence-corrected chi connectivity index (χ3v) is 4.77. The van der Waals surface area contributed by atoms with Gasteiger partial charge in [0.05, 0.1) is 5.69 Å². The van der Waals surface area contributed by atoms with Crippen LogP contribution >= 0.6 is 11.6 Å². The Hall–Kier alpha value is -1.78. The highest BCUT2D eigenvalue weighted by molar-refractivity contribution is 6.29. The summed E-state index contributed by atoms with van der Waals surface area (Å²) in [6, 6.07) is 14.7. The number of benzene rings is 1. The molecule has 0 saturated carbocycles. The summed E-state index contributed by atoms with van der Waals surface area (Å²) >= 11 is 6.01. The van der Waals surface area contributed by atoms with Crippen LogP contribution in [0.25, 0.3) is 0 Å². The van der Waals surface area contributed by atoms with Crippen LogP contribution in [0, 0.1) is 0 Å². The number of nitrogens with two attached hydrogens (primary N) is 1. The minimum absolute atomic E-state index is 0.454. The van der Waals surface area contributed by atoms with Gasteiger partial charge in [-0.1, -0.05) is 41.9 Å². The average Bonchev–Trinajstić information content (AvgIpc) is 2.58. The largest absolute Gasteiger partial charge is 0.396 e. The molecule has 0 radical (unpaired) electrons. The molecular formula is C18H23ClN4. The fourth-order valence-electron chi connectivity index (χ4n) is 3.20. The van der Waals surface area contributed by atoms with Crippen LogP contribution < -0.4 is 10.6 Å². The van der Waals surface area contributed by atoms with Crippen LogP contribution in [0.15, 0.2) is 42.5 Å². The summed E-state index contributed by atoms with van der Waals surface area (Å²) in [5.41, 5.74) is 8.11. The summed E-state index contributed by atoms with van der Waals surface area (Å²) in [6.07, 6.45) is 2.22. The van der Waals surface area contributed by atoms with Gasteiger partial charge in [0.15, 0.2) is 5.82 Å². The first kappa shape index (κ1) is 16.1.